The molecule has 0 radical (unpaired) electrons. The molecule has 1 aromatic heterocycles. The minimum absolute atomic E-state index is 0.000923. The number of carboxylic acid groups (broad SMARTS) is 1. The number of hydrogen-bond acceptors (Lipinski definition) is 8. The summed E-state index contributed by atoms with van der Waals surface area (Å²) in [4.78, 5) is 53.4. The summed E-state index contributed by atoms with van der Waals surface area (Å²) in [6.45, 7) is 8.76. The first kappa shape index (κ1) is 32.6. The van der Waals surface area contributed by atoms with Crippen molar-refractivity contribution in [2.24, 2.45) is 5.92 Å². The fraction of sp³-hybridized carbons (Fsp3) is 0.611. The van der Waals surface area contributed by atoms with Gasteiger partial charge in [-0.1, -0.05) is 6.07 Å². The first-order chi connectivity index (χ1) is 23.2. The number of carbonyl (C=O) groups is 3. The number of piperidine rings is 1. The van der Waals surface area contributed by atoms with Crippen molar-refractivity contribution in [2.45, 2.75) is 82.5 Å². The van der Waals surface area contributed by atoms with Crippen molar-refractivity contribution < 1.29 is 19.5 Å². The van der Waals surface area contributed by atoms with Crippen LogP contribution in [0, 0.1) is 5.92 Å². The number of benzene rings is 1. The second-order valence-electron chi connectivity index (χ2n) is 14.5. The standard InChI is InChI=1S/C36H50N8O4/c1-24-35(46)40(2)31-12-13-32(39-33(31)44(24)30-14-16-43(17-15-30)36(47)48)37-28-5-3-4-26(22-28)34(45)38-27-8-10-29(11-9-27)42-20-18-41(19-21-42)23-25-6-7-25/h3-5,12-13,22,24-25,27,29-30H,6-11,14-21,23H2,1-2H3,(H,37,39)(H,38,45)(H,47,48)/t24-,27?,29?/m1/s1. The predicted octanol–water partition coefficient (Wildman–Crippen LogP) is 4.21. The highest BCUT2D eigenvalue weighted by Crippen LogP contribution is 2.38. The largest absolute Gasteiger partial charge is 0.465 e. The maximum atomic E-state index is 13.4. The molecule has 0 unspecified atom stereocenters. The fourth-order valence-electron chi connectivity index (χ4n) is 8.21. The molecule has 1 aromatic carbocycles. The van der Waals surface area contributed by atoms with Crippen LogP contribution in [0.4, 0.5) is 27.8 Å². The van der Waals surface area contributed by atoms with Crippen molar-refractivity contribution in [1.29, 1.82) is 0 Å². The normalized spacial score (nSPS) is 25.9. The zero-order chi connectivity index (χ0) is 33.4. The zero-order valence-corrected chi connectivity index (χ0v) is 28.3. The average Bonchev–Trinajstić information content (AvgIpc) is 3.92. The van der Waals surface area contributed by atoms with Gasteiger partial charge in [-0.3, -0.25) is 14.5 Å². The van der Waals surface area contributed by atoms with Gasteiger partial charge in [0.1, 0.15) is 11.9 Å². The molecule has 2 aliphatic carbocycles. The third-order valence-electron chi connectivity index (χ3n) is 11.3. The molecule has 7 rings (SSSR count). The number of aromatic nitrogens is 1. The topological polar surface area (TPSA) is 125 Å². The van der Waals surface area contributed by atoms with Crippen LogP contribution in [0.15, 0.2) is 36.4 Å². The zero-order valence-electron chi connectivity index (χ0n) is 28.3. The Kier molecular flexibility index (Phi) is 9.46. The Morgan fingerprint density at radius 2 is 1.62 bits per heavy atom. The van der Waals surface area contributed by atoms with Gasteiger partial charge in [0.15, 0.2) is 5.82 Å². The minimum atomic E-state index is -0.910. The molecule has 2 saturated heterocycles. The first-order valence-corrected chi connectivity index (χ1v) is 17.9. The van der Waals surface area contributed by atoms with E-state index in [4.69, 9.17) is 4.98 Å². The summed E-state index contributed by atoms with van der Waals surface area (Å²) in [5.41, 5.74) is 2.09. The number of likely N-dealkylation sites (N-methyl/N-ethyl adjacent to an activating group) is 1. The second-order valence-corrected chi connectivity index (χ2v) is 14.5. The maximum Gasteiger partial charge on any atom is 0.407 e. The molecule has 258 valence electrons. The van der Waals surface area contributed by atoms with Gasteiger partial charge >= 0.3 is 6.09 Å². The van der Waals surface area contributed by atoms with Crippen LogP contribution in [0.1, 0.15) is 68.6 Å². The third kappa shape index (κ3) is 7.10. The van der Waals surface area contributed by atoms with E-state index in [1.165, 1.54) is 50.5 Å². The molecule has 12 nitrogen and oxygen atoms in total. The first-order valence-electron chi connectivity index (χ1n) is 17.9. The van der Waals surface area contributed by atoms with Crippen LogP contribution in [0.3, 0.4) is 0 Å². The Hall–Kier alpha value is -3.90. The van der Waals surface area contributed by atoms with Gasteiger partial charge in [0, 0.05) is 82.2 Å². The maximum absolute atomic E-state index is 13.4. The smallest absolute Gasteiger partial charge is 0.407 e. The van der Waals surface area contributed by atoms with Gasteiger partial charge in [-0.05, 0) is 94.5 Å². The molecule has 0 bridgehead atoms. The van der Waals surface area contributed by atoms with Crippen molar-refractivity contribution in [1.82, 2.24) is 25.0 Å². The number of carbonyl (C=O) groups excluding carboxylic acids is 2. The molecule has 12 heteroatoms. The Morgan fingerprint density at radius 3 is 2.31 bits per heavy atom. The predicted molar refractivity (Wildman–Crippen MR) is 186 cm³/mol. The van der Waals surface area contributed by atoms with E-state index in [0.717, 1.165) is 43.0 Å². The molecule has 3 amide bonds. The van der Waals surface area contributed by atoms with E-state index >= 15 is 0 Å². The molecule has 5 aliphatic rings. The molecule has 4 fully saturated rings. The van der Waals surface area contributed by atoms with Crippen molar-refractivity contribution in [2.75, 3.05) is 68.0 Å². The van der Waals surface area contributed by atoms with E-state index in [1.54, 1.807) is 11.9 Å². The van der Waals surface area contributed by atoms with Gasteiger partial charge in [0.05, 0.1) is 5.69 Å². The van der Waals surface area contributed by atoms with Crippen molar-refractivity contribution >= 4 is 40.9 Å². The van der Waals surface area contributed by atoms with E-state index in [1.807, 2.05) is 43.3 Å². The number of anilines is 4. The SMILES string of the molecule is C[C@@H]1C(=O)N(C)c2ccc(Nc3cccc(C(=O)NC4CCC(N5CCN(CC6CC6)CC5)CC4)c3)nc2N1C1CCN(C(=O)O)CC1. The number of rotatable bonds is 8. The summed E-state index contributed by atoms with van der Waals surface area (Å²) in [6, 6.07) is 11.7. The van der Waals surface area contributed by atoms with Crippen LogP contribution < -0.4 is 20.4 Å². The summed E-state index contributed by atoms with van der Waals surface area (Å²) in [6.07, 6.45) is 7.47. The average molecular weight is 659 g/mol. The molecular formula is C36H50N8O4. The van der Waals surface area contributed by atoms with Crippen LogP contribution in [-0.4, -0.2) is 120 Å². The number of fused-ring (bicyclic) bond motifs is 1. The van der Waals surface area contributed by atoms with Gasteiger partial charge in [0.25, 0.3) is 5.91 Å². The number of nitrogens with one attached hydrogen (secondary N) is 2. The minimum Gasteiger partial charge on any atom is -0.465 e. The molecular weight excluding hydrogens is 608 g/mol. The van der Waals surface area contributed by atoms with Gasteiger partial charge in [0.2, 0.25) is 5.91 Å². The second kappa shape index (κ2) is 13.9. The van der Waals surface area contributed by atoms with Gasteiger partial charge in [-0.25, -0.2) is 9.78 Å². The van der Waals surface area contributed by atoms with Crippen LogP contribution in [0.5, 0.6) is 0 Å². The highest BCUT2D eigenvalue weighted by atomic mass is 16.4. The van der Waals surface area contributed by atoms with E-state index in [9.17, 15) is 19.5 Å². The van der Waals surface area contributed by atoms with E-state index in [2.05, 4.69) is 25.3 Å². The number of piperazine rings is 1. The lowest BCUT2D eigenvalue weighted by atomic mass is 9.89. The molecule has 2 aromatic rings. The van der Waals surface area contributed by atoms with Gasteiger partial charge in [-0.15, -0.1) is 0 Å². The van der Waals surface area contributed by atoms with E-state index in [0.29, 0.717) is 49.2 Å². The van der Waals surface area contributed by atoms with Gasteiger partial charge < -0.3 is 35.3 Å². The summed E-state index contributed by atoms with van der Waals surface area (Å²) >= 11 is 0. The Morgan fingerprint density at radius 1 is 0.896 bits per heavy atom. The van der Waals surface area contributed by atoms with Crippen LogP contribution in [0.2, 0.25) is 0 Å². The molecule has 3 N–H and O–H groups in total. The summed E-state index contributed by atoms with van der Waals surface area (Å²) < 4.78 is 0. The lowest BCUT2D eigenvalue weighted by Crippen LogP contribution is -2.57. The quantitative estimate of drug-likeness (QED) is 0.383. The fourth-order valence-corrected chi connectivity index (χ4v) is 8.21. The van der Waals surface area contributed by atoms with Crippen LogP contribution in [-0.2, 0) is 4.79 Å². The lowest BCUT2D eigenvalue weighted by molar-refractivity contribution is -0.119. The molecule has 48 heavy (non-hydrogen) atoms. The highest BCUT2D eigenvalue weighted by molar-refractivity contribution is 6.04. The molecule has 4 heterocycles. The third-order valence-corrected chi connectivity index (χ3v) is 11.3. The van der Waals surface area contributed by atoms with Crippen molar-refractivity contribution in [3.05, 3.63) is 42.0 Å². The van der Waals surface area contributed by atoms with E-state index < -0.39 is 12.1 Å². The monoisotopic (exact) mass is 658 g/mol. The number of nitrogens with zero attached hydrogens (tertiary/aromatic N) is 6. The number of likely N-dealkylation sites (tertiary alicyclic amines) is 1. The van der Waals surface area contributed by atoms with Crippen LogP contribution in [0.25, 0.3) is 0 Å². The van der Waals surface area contributed by atoms with E-state index in [-0.39, 0.29) is 23.9 Å². The summed E-state index contributed by atoms with van der Waals surface area (Å²) in [5, 5.41) is 16.1. The Bertz CT molecular complexity index is 1490. The Labute approximate surface area is 283 Å². The van der Waals surface area contributed by atoms with Gasteiger partial charge in [-0.2, -0.15) is 0 Å². The summed E-state index contributed by atoms with van der Waals surface area (Å²) in [7, 11) is 1.77. The van der Waals surface area contributed by atoms with Crippen molar-refractivity contribution in [3.63, 3.8) is 0 Å². The summed E-state index contributed by atoms with van der Waals surface area (Å²) in [5.74, 6) is 2.20. The molecule has 1 atom stereocenters. The lowest BCUT2D eigenvalue weighted by Gasteiger charge is -2.45. The Balaban J connectivity index is 0.959. The number of pyridine rings is 1. The highest BCUT2D eigenvalue weighted by Gasteiger charge is 2.40. The molecule has 0 spiro atoms. The number of hydrogen-bond donors (Lipinski definition) is 3. The van der Waals surface area contributed by atoms with Crippen molar-refractivity contribution in [3.8, 4) is 0 Å². The number of amides is 3. The molecule has 3 aliphatic heterocycles. The molecule has 2 saturated carbocycles. The van der Waals surface area contributed by atoms with Crippen LogP contribution >= 0.6 is 0 Å².